The van der Waals surface area contributed by atoms with Gasteiger partial charge < -0.3 is 4.74 Å². The van der Waals surface area contributed by atoms with Crippen LogP contribution in [0.4, 0.5) is 35.1 Å². The van der Waals surface area contributed by atoms with Crippen LogP contribution in [0.5, 0.6) is 0 Å². The van der Waals surface area contributed by atoms with Crippen molar-refractivity contribution in [2.24, 2.45) is 22.7 Å². The lowest BCUT2D eigenvalue weighted by molar-refractivity contribution is -0.225. The molecule has 0 aromatic carbocycles. The number of carbonyl (C=O) groups is 6. The monoisotopic (exact) mass is 582 g/mol. The molecule has 0 saturated carbocycles. The van der Waals surface area contributed by atoms with Gasteiger partial charge in [0, 0.05) is 14.1 Å². The average molecular weight is 582 g/mol. The zero-order chi connectivity index (χ0) is 31.5. The third-order valence-corrected chi connectivity index (χ3v) is 7.62. The molecular formula is C22H26F8N2O7. The minimum Gasteiger partial charge on any atom is -0.392 e. The molecule has 0 aromatic rings. The lowest BCUT2D eigenvalue weighted by Gasteiger charge is -2.27. The molecule has 6 atom stereocenters. The number of imide groups is 2. The fraction of sp³-hybridized carbons (Fsp3) is 0.727. The first-order chi connectivity index (χ1) is 17.1. The zero-order valence-electron chi connectivity index (χ0n) is 21.9. The number of nitrogens with zero attached hydrogens (tertiary/aromatic N) is 2. The Balaban J connectivity index is 0.000000293. The Bertz CT molecular complexity index is 1070. The van der Waals surface area contributed by atoms with E-state index in [1.807, 2.05) is 0 Å². The highest BCUT2D eigenvalue weighted by Gasteiger charge is 2.69. The molecule has 0 N–H and O–H groups in total. The Kier molecular flexibility index (Phi) is 8.52. The molecular weight excluding hydrogens is 556 g/mol. The number of hydrogen-bond donors (Lipinski definition) is 0. The molecule has 9 nitrogen and oxygen atoms in total. The summed E-state index contributed by atoms with van der Waals surface area (Å²) in [6.45, 7) is 5.14. The second-order valence-electron chi connectivity index (χ2n) is 9.93. The fourth-order valence-corrected chi connectivity index (χ4v) is 3.72. The molecule has 3 fully saturated rings. The molecule has 0 radical (unpaired) electrons. The van der Waals surface area contributed by atoms with Crippen molar-refractivity contribution >= 4 is 35.6 Å². The number of ether oxygens (including phenoxy) is 1. The van der Waals surface area contributed by atoms with E-state index in [0.717, 1.165) is 48.7 Å². The van der Waals surface area contributed by atoms with Gasteiger partial charge in [0.15, 0.2) is 10.8 Å². The third-order valence-electron chi connectivity index (χ3n) is 7.62. The molecule has 0 bridgehead atoms. The van der Waals surface area contributed by atoms with Gasteiger partial charge in [-0.15, -0.1) is 0 Å². The normalized spacial score (nSPS) is 37.0. The molecule has 4 amide bonds. The zero-order valence-corrected chi connectivity index (χ0v) is 21.9. The van der Waals surface area contributed by atoms with Crippen molar-refractivity contribution in [1.82, 2.24) is 9.80 Å². The van der Waals surface area contributed by atoms with Gasteiger partial charge in [-0.3, -0.25) is 38.6 Å². The van der Waals surface area contributed by atoms with E-state index < -0.39 is 81.9 Å². The van der Waals surface area contributed by atoms with Crippen LogP contribution in [-0.4, -0.2) is 83.2 Å². The summed E-state index contributed by atoms with van der Waals surface area (Å²) in [4.78, 5) is 66.9. The summed E-state index contributed by atoms with van der Waals surface area (Å²) in [6, 6.07) is 0. The summed E-state index contributed by atoms with van der Waals surface area (Å²) in [6.07, 6.45) is -9.44. The predicted octanol–water partition coefficient (Wildman–Crippen LogP) is 2.91. The van der Waals surface area contributed by atoms with Gasteiger partial charge in [-0.25, -0.2) is 8.78 Å². The maximum absolute atomic E-state index is 13.3. The van der Waals surface area contributed by atoms with Crippen molar-refractivity contribution in [3.05, 3.63) is 0 Å². The third kappa shape index (κ3) is 4.88. The molecule has 39 heavy (non-hydrogen) atoms. The summed E-state index contributed by atoms with van der Waals surface area (Å²) in [5.74, 6) is -9.67. The van der Waals surface area contributed by atoms with Crippen LogP contribution >= 0.6 is 0 Å². The molecule has 3 heterocycles. The van der Waals surface area contributed by atoms with Gasteiger partial charge in [0.05, 0.1) is 11.8 Å². The molecule has 6 unspecified atom stereocenters. The van der Waals surface area contributed by atoms with E-state index in [-0.39, 0.29) is 0 Å². The summed E-state index contributed by atoms with van der Waals surface area (Å²) in [5.41, 5.74) is -10.7. The first kappa shape index (κ1) is 33.9. The Hall–Kier alpha value is -3.14. The van der Waals surface area contributed by atoms with Crippen molar-refractivity contribution in [2.75, 3.05) is 14.1 Å². The lowest BCUT2D eigenvalue weighted by Crippen LogP contribution is -2.45. The molecule has 0 spiro atoms. The van der Waals surface area contributed by atoms with Gasteiger partial charge in [0.25, 0.3) is 11.8 Å². The summed E-state index contributed by atoms with van der Waals surface area (Å²) < 4.78 is 105. The number of rotatable bonds is 0. The lowest BCUT2D eigenvalue weighted by atomic mass is 9.79. The van der Waals surface area contributed by atoms with Gasteiger partial charge in [-0.1, -0.05) is 13.8 Å². The Morgan fingerprint density at radius 1 is 0.641 bits per heavy atom. The van der Waals surface area contributed by atoms with Crippen LogP contribution in [0.15, 0.2) is 0 Å². The standard InChI is InChI=1S/C8H10F3NO2.C7H7F3O3.C7H9F2NO2/c1-4-5(13)12(3)6(14)7(4,2)8(9,10)11;1-3-4(11)13-5(12)6(3,2)7(8,9)10;1-6(8)4(11)10(3)5(12)7(6,2)9/h4H,1-3H3;3H,1-2H3;1-3H3. The largest absolute Gasteiger partial charge is 0.405 e. The van der Waals surface area contributed by atoms with Crippen LogP contribution in [0.2, 0.25) is 0 Å². The quantitative estimate of drug-likeness (QED) is 0.187. The van der Waals surface area contributed by atoms with Gasteiger partial charge >= 0.3 is 24.3 Å². The number of likely N-dealkylation sites (tertiary alicyclic amines) is 2. The van der Waals surface area contributed by atoms with E-state index >= 15 is 0 Å². The molecule has 0 aromatic heterocycles. The van der Waals surface area contributed by atoms with Crippen molar-refractivity contribution in [1.29, 1.82) is 0 Å². The predicted molar refractivity (Wildman–Crippen MR) is 112 cm³/mol. The highest BCUT2D eigenvalue weighted by atomic mass is 19.4. The number of halogens is 8. The minimum absolute atomic E-state index is 0.472. The van der Waals surface area contributed by atoms with Gasteiger partial charge in [0.2, 0.25) is 23.2 Å². The summed E-state index contributed by atoms with van der Waals surface area (Å²) >= 11 is 0. The van der Waals surface area contributed by atoms with Crippen molar-refractivity contribution in [3.63, 3.8) is 0 Å². The SMILES string of the molecule is CC1C(=O)N(C)C(=O)C1(C)C(F)(F)F.CC1C(=O)OC(=O)C1(C)C(F)(F)F.CN1C(=O)C(C)(F)C(C)(F)C1=O. The number of cyclic esters (lactones) is 2. The summed E-state index contributed by atoms with van der Waals surface area (Å²) in [5, 5.41) is 0. The van der Waals surface area contributed by atoms with E-state index in [1.54, 1.807) is 0 Å². The van der Waals surface area contributed by atoms with Crippen LogP contribution in [0.25, 0.3) is 0 Å². The van der Waals surface area contributed by atoms with E-state index in [0.29, 0.717) is 16.7 Å². The van der Waals surface area contributed by atoms with Crippen molar-refractivity contribution < 1.29 is 68.6 Å². The van der Waals surface area contributed by atoms with Crippen LogP contribution < -0.4 is 0 Å². The van der Waals surface area contributed by atoms with Crippen LogP contribution in [0.3, 0.4) is 0 Å². The molecule has 3 saturated heterocycles. The second kappa shape index (κ2) is 9.80. The van der Waals surface area contributed by atoms with E-state index in [4.69, 9.17) is 0 Å². The smallest absolute Gasteiger partial charge is 0.392 e. The highest BCUT2D eigenvalue weighted by Crippen LogP contribution is 2.50. The Morgan fingerprint density at radius 3 is 1.13 bits per heavy atom. The number of amides is 4. The Labute approximate surface area is 216 Å². The molecule has 3 aliphatic rings. The first-order valence-electron chi connectivity index (χ1n) is 11.0. The van der Waals surface area contributed by atoms with Crippen LogP contribution in [-0.2, 0) is 33.5 Å². The molecule has 3 rings (SSSR count). The van der Waals surface area contributed by atoms with Crippen molar-refractivity contribution in [3.8, 4) is 0 Å². The Morgan fingerprint density at radius 2 is 1.00 bits per heavy atom. The molecule has 222 valence electrons. The maximum Gasteiger partial charge on any atom is 0.405 e. The topological polar surface area (TPSA) is 118 Å². The maximum atomic E-state index is 13.3. The van der Waals surface area contributed by atoms with E-state index in [9.17, 15) is 63.9 Å². The minimum atomic E-state index is -4.75. The number of carbonyl (C=O) groups excluding carboxylic acids is 6. The molecule has 0 aliphatic carbocycles. The van der Waals surface area contributed by atoms with E-state index in [1.165, 1.54) is 0 Å². The number of hydrogen-bond acceptors (Lipinski definition) is 7. The van der Waals surface area contributed by atoms with Crippen molar-refractivity contribution in [2.45, 2.75) is 65.2 Å². The summed E-state index contributed by atoms with van der Waals surface area (Å²) in [7, 11) is 2.13. The van der Waals surface area contributed by atoms with E-state index in [2.05, 4.69) is 4.74 Å². The van der Waals surface area contributed by atoms with Gasteiger partial charge in [-0.2, -0.15) is 26.3 Å². The molecule has 17 heteroatoms. The van der Waals surface area contributed by atoms with Gasteiger partial charge in [0.1, 0.15) is 0 Å². The van der Waals surface area contributed by atoms with Crippen LogP contribution in [0, 0.1) is 22.7 Å². The number of esters is 2. The van der Waals surface area contributed by atoms with Crippen LogP contribution in [0.1, 0.15) is 41.5 Å². The van der Waals surface area contributed by atoms with Gasteiger partial charge in [-0.05, 0) is 27.7 Å². The second-order valence-corrected chi connectivity index (χ2v) is 9.93. The molecule has 3 aliphatic heterocycles. The first-order valence-corrected chi connectivity index (χ1v) is 11.0. The number of alkyl halides is 8. The fourth-order valence-electron chi connectivity index (χ4n) is 3.72. The average Bonchev–Trinajstić information content (AvgIpc) is 3.14. The highest BCUT2D eigenvalue weighted by molar-refractivity contribution is 6.12.